The predicted octanol–water partition coefficient (Wildman–Crippen LogP) is 0.256. The molecular weight excluding hydrogens is 324 g/mol. The molecule has 3 atom stereocenters. The van der Waals surface area contributed by atoms with Crippen LogP contribution >= 0.6 is 0 Å². The number of pyridine rings is 1. The van der Waals surface area contributed by atoms with Gasteiger partial charge in [0.1, 0.15) is 6.54 Å². The first-order valence-corrected chi connectivity index (χ1v) is 8.44. The van der Waals surface area contributed by atoms with E-state index in [-0.39, 0.29) is 36.0 Å². The summed E-state index contributed by atoms with van der Waals surface area (Å²) in [6.45, 7) is 3.72. The lowest BCUT2D eigenvalue weighted by molar-refractivity contribution is -0.131. The Hall–Kier alpha value is -2.48. The van der Waals surface area contributed by atoms with E-state index < -0.39 is 0 Å². The molecule has 0 aromatic carbocycles. The lowest BCUT2D eigenvalue weighted by Crippen LogP contribution is -2.36. The fraction of sp³-hybridized carbons (Fsp3) is 0.529. The molecule has 0 spiro atoms. The van der Waals surface area contributed by atoms with Crippen molar-refractivity contribution in [1.29, 1.82) is 0 Å². The fourth-order valence-corrected chi connectivity index (χ4v) is 3.70. The van der Waals surface area contributed by atoms with Crippen molar-refractivity contribution < 1.29 is 14.1 Å². The molecular formula is C17H20N4O4. The molecule has 4 heterocycles. The van der Waals surface area contributed by atoms with Crippen LogP contribution < -0.4 is 5.56 Å². The van der Waals surface area contributed by atoms with Crippen LogP contribution in [0, 0.1) is 18.8 Å². The second-order valence-electron chi connectivity index (χ2n) is 6.70. The fourth-order valence-electron chi connectivity index (χ4n) is 3.70. The van der Waals surface area contributed by atoms with Crippen LogP contribution in [0.2, 0.25) is 0 Å². The van der Waals surface area contributed by atoms with E-state index in [0.29, 0.717) is 37.8 Å². The Morgan fingerprint density at radius 3 is 3.00 bits per heavy atom. The largest absolute Gasteiger partial charge is 0.376 e. The van der Waals surface area contributed by atoms with Crippen LogP contribution in [0.4, 0.5) is 0 Å². The summed E-state index contributed by atoms with van der Waals surface area (Å²) in [6, 6.07) is 4.87. The average molecular weight is 344 g/mol. The number of fused-ring (bicyclic) bond motifs is 1. The molecule has 132 valence electrons. The van der Waals surface area contributed by atoms with Gasteiger partial charge < -0.3 is 18.7 Å². The van der Waals surface area contributed by atoms with Gasteiger partial charge in [0, 0.05) is 37.7 Å². The van der Waals surface area contributed by atoms with Gasteiger partial charge in [0.15, 0.2) is 5.82 Å². The molecule has 8 heteroatoms. The highest BCUT2D eigenvalue weighted by Crippen LogP contribution is 2.35. The summed E-state index contributed by atoms with van der Waals surface area (Å²) in [4.78, 5) is 30.4. The molecule has 0 N–H and O–H groups in total. The number of aromatic nitrogens is 3. The van der Waals surface area contributed by atoms with Crippen molar-refractivity contribution in [3.8, 4) is 0 Å². The van der Waals surface area contributed by atoms with Gasteiger partial charge in [-0.25, -0.2) is 0 Å². The first-order chi connectivity index (χ1) is 12.1. The lowest BCUT2D eigenvalue weighted by atomic mass is 9.90. The van der Waals surface area contributed by atoms with E-state index in [1.165, 1.54) is 10.6 Å². The molecule has 2 aliphatic rings. The zero-order chi connectivity index (χ0) is 17.4. The molecule has 0 saturated carbocycles. The number of carbonyl (C=O) groups excluding carboxylic acids is 1. The third kappa shape index (κ3) is 3.21. The molecule has 0 aliphatic carbocycles. The van der Waals surface area contributed by atoms with E-state index in [2.05, 4.69) is 10.1 Å². The predicted molar refractivity (Wildman–Crippen MR) is 86.7 cm³/mol. The Balaban J connectivity index is 1.39. The van der Waals surface area contributed by atoms with Crippen molar-refractivity contribution in [2.45, 2.75) is 26.0 Å². The number of amides is 1. The van der Waals surface area contributed by atoms with Gasteiger partial charge in [-0.1, -0.05) is 11.2 Å². The summed E-state index contributed by atoms with van der Waals surface area (Å²) in [5.74, 6) is 1.72. The quantitative estimate of drug-likeness (QED) is 0.790. The molecule has 25 heavy (non-hydrogen) atoms. The number of ether oxygens (including phenoxy) is 1. The first kappa shape index (κ1) is 16.0. The van der Waals surface area contributed by atoms with Gasteiger partial charge >= 0.3 is 0 Å². The van der Waals surface area contributed by atoms with Crippen LogP contribution in [0.5, 0.6) is 0 Å². The number of aryl methyl sites for hydroxylation is 1. The molecule has 0 bridgehead atoms. The summed E-state index contributed by atoms with van der Waals surface area (Å²) in [7, 11) is 0. The van der Waals surface area contributed by atoms with Gasteiger partial charge in [-0.2, -0.15) is 4.98 Å². The molecule has 0 unspecified atom stereocenters. The smallest absolute Gasteiger partial charge is 0.250 e. The molecule has 2 aromatic rings. The molecule has 4 rings (SSSR count). The highest BCUT2D eigenvalue weighted by molar-refractivity contribution is 5.76. The van der Waals surface area contributed by atoms with Crippen LogP contribution in [0.1, 0.15) is 11.7 Å². The van der Waals surface area contributed by atoms with Crippen molar-refractivity contribution in [3.63, 3.8) is 0 Å². The van der Waals surface area contributed by atoms with E-state index in [4.69, 9.17) is 9.26 Å². The number of likely N-dealkylation sites (tertiary alicyclic amines) is 1. The second-order valence-corrected chi connectivity index (χ2v) is 6.70. The van der Waals surface area contributed by atoms with Gasteiger partial charge in [-0.3, -0.25) is 9.59 Å². The van der Waals surface area contributed by atoms with Crippen molar-refractivity contribution >= 4 is 5.91 Å². The van der Waals surface area contributed by atoms with Gasteiger partial charge in [-0.05, 0) is 18.9 Å². The Morgan fingerprint density at radius 2 is 2.24 bits per heavy atom. The average Bonchev–Trinajstić information content (AvgIpc) is 3.27. The van der Waals surface area contributed by atoms with E-state index in [1.54, 1.807) is 30.2 Å². The number of hydrogen-bond donors (Lipinski definition) is 0. The topological polar surface area (TPSA) is 90.5 Å². The van der Waals surface area contributed by atoms with Gasteiger partial charge in [0.25, 0.3) is 5.56 Å². The Bertz CT molecular complexity index is 830. The van der Waals surface area contributed by atoms with Crippen molar-refractivity contribution in [3.05, 3.63) is 46.5 Å². The minimum atomic E-state index is -0.170. The van der Waals surface area contributed by atoms with Crippen LogP contribution in [-0.2, 0) is 22.5 Å². The summed E-state index contributed by atoms with van der Waals surface area (Å²) in [5.41, 5.74) is -0.170. The van der Waals surface area contributed by atoms with Crippen LogP contribution in [0.3, 0.4) is 0 Å². The first-order valence-electron chi connectivity index (χ1n) is 8.44. The maximum Gasteiger partial charge on any atom is 0.250 e. The summed E-state index contributed by atoms with van der Waals surface area (Å²) in [6.07, 6.45) is 2.35. The molecule has 8 nitrogen and oxygen atoms in total. The number of carbonyl (C=O) groups is 1. The van der Waals surface area contributed by atoms with Crippen molar-refractivity contribution in [2.24, 2.45) is 11.8 Å². The summed E-state index contributed by atoms with van der Waals surface area (Å²) < 4.78 is 12.5. The van der Waals surface area contributed by atoms with Crippen molar-refractivity contribution in [2.75, 3.05) is 19.7 Å². The molecule has 2 fully saturated rings. The van der Waals surface area contributed by atoms with Crippen LogP contribution in [-0.4, -0.2) is 51.3 Å². The maximum absolute atomic E-state index is 12.5. The van der Waals surface area contributed by atoms with Gasteiger partial charge in [0.2, 0.25) is 11.8 Å². The molecule has 2 aliphatic heterocycles. The third-order valence-corrected chi connectivity index (χ3v) is 5.00. The SMILES string of the molecule is Cc1noc(C[C@H]2CO[C@@H]3CN(C(=O)Cn4ccccc4=O)C[C@H]23)n1. The molecule has 0 radical (unpaired) electrons. The second kappa shape index (κ2) is 6.44. The minimum absolute atomic E-state index is 0.0467. The van der Waals surface area contributed by atoms with E-state index in [0.717, 1.165) is 0 Å². The maximum atomic E-state index is 12.5. The number of nitrogens with zero attached hydrogens (tertiary/aromatic N) is 4. The zero-order valence-electron chi connectivity index (χ0n) is 14.0. The zero-order valence-corrected chi connectivity index (χ0v) is 14.0. The van der Waals surface area contributed by atoms with E-state index in [9.17, 15) is 9.59 Å². The number of rotatable bonds is 4. The molecule has 2 aromatic heterocycles. The monoisotopic (exact) mass is 344 g/mol. The number of hydrogen-bond acceptors (Lipinski definition) is 6. The Morgan fingerprint density at radius 1 is 1.36 bits per heavy atom. The van der Waals surface area contributed by atoms with E-state index >= 15 is 0 Å². The van der Waals surface area contributed by atoms with E-state index in [1.807, 2.05) is 0 Å². The summed E-state index contributed by atoms with van der Waals surface area (Å²) in [5, 5.41) is 3.82. The Labute approximate surface area is 144 Å². The van der Waals surface area contributed by atoms with Crippen molar-refractivity contribution in [1.82, 2.24) is 19.6 Å². The molecule has 2 saturated heterocycles. The van der Waals surface area contributed by atoms with Gasteiger partial charge in [0.05, 0.1) is 12.7 Å². The highest BCUT2D eigenvalue weighted by atomic mass is 16.5. The third-order valence-electron chi connectivity index (χ3n) is 5.00. The molecule has 1 amide bonds. The summed E-state index contributed by atoms with van der Waals surface area (Å²) >= 11 is 0. The highest BCUT2D eigenvalue weighted by Gasteiger charge is 2.45. The normalized spacial score (nSPS) is 25.3. The lowest BCUT2D eigenvalue weighted by Gasteiger charge is -2.19. The van der Waals surface area contributed by atoms with Crippen LogP contribution in [0.25, 0.3) is 0 Å². The Kier molecular flexibility index (Phi) is 4.12. The minimum Gasteiger partial charge on any atom is -0.376 e. The standard InChI is InChI=1S/C17H20N4O4/c1-11-18-15(25-19-11)6-12-10-24-14-8-21(7-13(12)14)17(23)9-20-5-3-2-4-16(20)22/h2-5,12-14H,6-10H2,1H3/t12-,13+,14+/m0/s1. The van der Waals surface area contributed by atoms with Crippen LogP contribution in [0.15, 0.2) is 33.7 Å². The van der Waals surface area contributed by atoms with Gasteiger partial charge in [-0.15, -0.1) is 0 Å².